The van der Waals surface area contributed by atoms with Gasteiger partial charge in [-0.25, -0.2) is 5.43 Å². The Morgan fingerprint density at radius 2 is 1.63 bits per heavy atom. The van der Waals surface area contributed by atoms with Crippen molar-refractivity contribution in [3.8, 4) is 5.75 Å². The van der Waals surface area contributed by atoms with E-state index < -0.39 is 11.8 Å². The number of nitrogens with zero attached hydrogens (tertiary/aromatic N) is 2. The largest absolute Gasteiger partial charge is 0.506 e. The average Bonchev–Trinajstić information content (AvgIpc) is 2.85. The molecule has 0 fully saturated rings. The molecule has 0 saturated heterocycles. The lowest BCUT2D eigenvalue weighted by molar-refractivity contribution is -0.117. The zero-order valence-electron chi connectivity index (χ0n) is 18.7. The maximum atomic E-state index is 13.0. The van der Waals surface area contributed by atoms with E-state index in [0.717, 1.165) is 11.3 Å². The van der Waals surface area contributed by atoms with E-state index in [1.165, 1.54) is 6.21 Å². The number of phenols is 1. The van der Waals surface area contributed by atoms with E-state index in [9.17, 15) is 14.7 Å². The van der Waals surface area contributed by atoms with Gasteiger partial charge in [-0.2, -0.15) is 5.10 Å². The monoisotopic (exact) mass is 662 g/mol. The van der Waals surface area contributed by atoms with Crippen LogP contribution in [0.15, 0.2) is 84.9 Å². The summed E-state index contributed by atoms with van der Waals surface area (Å²) in [6.07, 6.45) is 2.95. The summed E-state index contributed by atoms with van der Waals surface area (Å²) >= 11 is 9.96. The van der Waals surface area contributed by atoms with Crippen molar-refractivity contribution in [2.75, 3.05) is 19.0 Å². The highest BCUT2D eigenvalue weighted by molar-refractivity contribution is 9.11. The van der Waals surface area contributed by atoms with Crippen LogP contribution in [0.3, 0.4) is 0 Å². The Kier molecular flexibility index (Phi) is 9.25. The SMILES string of the molecule is CN(C)c1ccc(/C=C(\NC(=O)c2ccccc2)C(=O)N/N=C\c2c(Br)cc(Br)c(O)c2Br)cc1. The maximum Gasteiger partial charge on any atom is 0.287 e. The zero-order valence-corrected chi connectivity index (χ0v) is 23.5. The molecule has 0 aliphatic heterocycles. The number of anilines is 1. The molecular weight excluding hydrogens is 644 g/mol. The number of nitrogens with one attached hydrogen (secondary N) is 2. The Bertz CT molecular complexity index is 1290. The first kappa shape index (κ1) is 26.7. The number of hydrazone groups is 1. The van der Waals surface area contributed by atoms with E-state index in [4.69, 9.17) is 0 Å². The van der Waals surface area contributed by atoms with Crippen LogP contribution in [0, 0.1) is 0 Å². The van der Waals surface area contributed by atoms with Gasteiger partial charge in [0.05, 0.1) is 15.2 Å². The Labute approximate surface area is 228 Å². The lowest BCUT2D eigenvalue weighted by Gasteiger charge is -2.13. The van der Waals surface area contributed by atoms with Gasteiger partial charge in [0.2, 0.25) is 0 Å². The van der Waals surface area contributed by atoms with Gasteiger partial charge < -0.3 is 15.3 Å². The number of amides is 2. The first-order chi connectivity index (χ1) is 16.7. The molecule has 0 aromatic heterocycles. The van der Waals surface area contributed by atoms with E-state index in [-0.39, 0.29) is 11.4 Å². The Balaban J connectivity index is 1.86. The van der Waals surface area contributed by atoms with E-state index in [2.05, 4.69) is 63.6 Å². The molecule has 0 heterocycles. The maximum absolute atomic E-state index is 13.0. The lowest BCUT2D eigenvalue weighted by atomic mass is 10.1. The third-order valence-corrected chi connectivity index (χ3v) is 6.85. The van der Waals surface area contributed by atoms with Gasteiger partial charge in [-0.1, -0.05) is 46.3 Å². The lowest BCUT2D eigenvalue weighted by Crippen LogP contribution is -2.32. The van der Waals surface area contributed by atoms with Crippen molar-refractivity contribution in [1.82, 2.24) is 10.7 Å². The summed E-state index contributed by atoms with van der Waals surface area (Å²) < 4.78 is 1.53. The van der Waals surface area contributed by atoms with Crippen molar-refractivity contribution >= 4 is 77.6 Å². The fourth-order valence-electron chi connectivity index (χ4n) is 2.91. The molecule has 0 atom stereocenters. The molecule has 3 N–H and O–H groups in total. The number of phenolic OH excluding ortho intramolecular Hbond substituents is 1. The minimum absolute atomic E-state index is 0.00198. The molecule has 3 rings (SSSR count). The summed E-state index contributed by atoms with van der Waals surface area (Å²) in [7, 11) is 3.87. The van der Waals surface area contributed by atoms with Crippen molar-refractivity contribution in [2.45, 2.75) is 0 Å². The normalized spacial score (nSPS) is 11.4. The standard InChI is InChI=1S/C25H21Br3N4O3/c1-32(2)17-10-8-15(9-11-17)12-21(30-24(34)16-6-4-3-5-7-16)25(35)31-29-14-18-19(26)13-20(27)23(33)22(18)28/h3-14,33H,1-2H3,(H,30,34)(H,31,35)/b21-12-,29-14-. The van der Waals surface area contributed by atoms with Crippen LogP contribution in [0.2, 0.25) is 0 Å². The summed E-state index contributed by atoms with van der Waals surface area (Å²) in [5.41, 5.74) is 5.10. The number of rotatable bonds is 7. The molecule has 3 aromatic carbocycles. The first-order valence-electron chi connectivity index (χ1n) is 10.2. The molecule has 180 valence electrons. The van der Waals surface area contributed by atoms with Gasteiger partial charge in [0.25, 0.3) is 11.8 Å². The van der Waals surface area contributed by atoms with E-state index >= 15 is 0 Å². The van der Waals surface area contributed by atoms with Crippen LogP contribution in [0.25, 0.3) is 6.08 Å². The molecule has 10 heteroatoms. The van der Waals surface area contributed by atoms with Gasteiger partial charge in [-0.05, 0) is 73.8 Å². The minimum Gasteiger partial charge on any atom is -0.506 e. The molecule has 0 bridgehead atoms. The number of aromatic hydroxyl groups is 1. The first-order valence-corrected chi connectivity index (χ1v) is 12.6. The summed E-state index contributed by atoms with van der Waals surface area (Å²) in [5, 5.41) is 16.8. The fraction of sp³-hybridized carbons (Fsp3) is 0.0800. The molecule has 0 spiro atoms. The third kappa shape index (κ3) is 7.03. The predicted octanol–water partition coefficient (Wildman–Crippen LogP) is 5.67. The van der Waals surface area contributed by atoms with Crippen LogP contribution >= 0.6 is 47.8 Å². The van der Waals surface area contributed by atoms with Crippen LogP contribution in [0.1, 0.15) is 21.5 Å². The molecular formula is C25H21Br3N4O3. The molecule has 0 aliphatic carbocycles. The third-order valence-electron chi connectivity index (χ3n) is 4.79. The van der Waals surface area contributed by atoms with Gasteiger partial charge in [-0.15, -0.1) is 0 Å². The quantitative estimate of drug-likeness (QED) is 0.173. The van der Waals surface area contributed by atoms with Crippen LogP contribution in [-0.4, -0.2) is 37.2 Å². The van der Waals surface area contributed by atoms with Crippen LogP contribution in [0.4, 0.5) is 5.69 Å². The van der Waals surface area contributed by atoms with Crippen molar-refractivity contribution in [3.63, 3.8) is 0 Å². The number of hydrogen-bond acceptors (Lipinski definition) is 5. The van der Waals surface area contributed by atoms with Crippen molar-refractivity contribution in [3.05, 3.63) is 96.5 Å². The minimum atomic E-state index is -0.615. The highest BCUT2D eigenvalue weighted by atomic mass is 79.9. The van der Waals surface area contributed by atoms with Crippen molar-refractivity contribution in [1.29, 1.82) is 0 Å². The molecule has 0 unspecified atom stereocenters. The summed E-state index contributed by atoms with van der Waals surface area (Å²) in [5.74, 6) is -1.04. The van der Waals surface area contributed by atoms with Gasteiger partial charge >= 0.3 is 0 Å². The van der Waals surface area contributed by atoms with Gasteiger partial charge in [0.15, 0.2) is 0 Å². The molecule has 35 heavy (non-hydrogen) atoms. The summed E-state index contributed by atoms with van der Waals surface area (Å²) in [6.45, 7) is 0. The predicted molar refractivity (Wildman–Crippen MR) is 150 cm³/mol. The Morgan fingerprint density at radius 1 is 0.971 bits per heavy atom. The number of carbonyl (C=O) groups is 2. The second kappa shape index (κ2) is 12.1. The second-order valence-electron chi connectivity index (χ2n) is 7.48. The van der Waals surface area contributed by atoms with E-state index in [0.29, 0.717) is 24.5 Å². The molecule has 0 radical (unpaired) electrons. The Morgan fingerprint density at radius 3 is 2.26 bits per heavy atom. The van der Waals surface area contributed by atoms with E-state index in [1.807, 2.05) is 43.3 Å². The number of benzene rings is 3. The molecule has 0 saturated carbocycles. The zero-order chi connectivity index (χ0) is 25.5. The highest BCUT2D eigenvalue weighted by Gasteiger charge is 2.15. The average molecular weight is 665 g/mol. The van der Waals surface area contributed by atoms with Gasteiger partial charge in [0.1, 0.15) is 11.4 Å². The fourth-order valence-corrected chi connectivity index (χ4v) is 5.23. The molecule has 7 nitrogen and oxygen atoms in total. The highest BCUT2D eigenvalue weighted by Crippen LogP contribution is 2.38. The van der Waals surface area contributed by atoms with Crippen molar-refractivity contribution < 1.29 is 14.7 Å². The number of hydrogen-bond donors (Lipinski definition) is 3. The van der Waals surface area contributed by atoms with Crippen LogP contribution in [0.5, 0.6) is 5.75 Å². The second-order valence-corrected chi connectivity index (χ2v) is 9.98. The van der Waals surface area contributed by atoms with Crippen molar-refractivity contribution in [2.24, 2.45) is 5.10 Å². The Hall–Kier alpha value is -2.95. The summed E-state index contributed by atoms with van der Waals surface area (Å²) in [6, 6.07) is 17.8. The van der Waals surface area contributed by atoms with Crippen LogP contribution in [-0.2, 0) is 4.79 Å². The molecule has 3 aromatic rings. The topological polar surface area (TPSA) is 94.0 Å². The van der Waals surface area contributed by atoms with Gasteiger partial charge in [0, 0.05) is 35.4 Å². The molecule has 0 aliphatic rings. The van der Waals surface area contributed by atoms with E-state index in [1.54, 1.807) is 42.5 Å². The number of carbonyl (C=O) groups excluding carboxylic acids is 2. The smallest absolute Gasteiger partial charge is 0.287 e. The molecule has 2 amide bonds. The van der Waals surface area contributed by atoms with Gasteiger partial charge in [-0.3, -0.25) is 9.59 Å². The number of halogens is 3. The van der Waals surface area contributed by atoms with Crippen LogP contribution < -0.4 is 15.6 Å². The summed E-state index contributed by atoms with van der Waals surface area (Å²) in [4.78, 5) is 27.7.